The van der Waals surface area contributed by atoms with Gasteiger partial charge < -0.3 is 9.15 Å². The Morgan fingerprint density at radius 1 is 1.62 bits per heavy atom. The highest BCUT2D eigenvalue weighted by Gasteiger charge is 2.11. The van der Waals surface area contributed by atoms with Crippen LogP contribution in [0.3, 0.4) is 0 Å². The summed E-state index contributed by atoms with van der Waals surface area (Å²) in [5, 5.41) is 0. The van der Waals surface area contributed by atoms with Gasteiger partial charge in [-0.1, -0.05) is 11.6 Å². The minimum atomic E-state index is -0.383. The Hall–Kier alpha value is -1.51. The number of ether oxygens (including phenoxy) is 1. The molecule has 68 valence electrons. The molecule has 0 aromatic carbocycles. The van der Waals surface area contributed by atoms with Crippen LogP contribution in [-0.4, -0.2) is 12.6 Å². The van der Waals surface area contributed by atoms with Crippen LogP contribution in [-0.2, 0) is 4.74 Å². The molecule has 0 radical (unpaired) electrons. The van der Waals surface area contributed by atoms with Crippen LogP contribution in [0.25, 0.3) is 0 Å². The van der Waals surface area contributed by atoms with Gasteiger partial charge in [0, 0.05) is 6.42 Å². The van der Waals surface area contributed by atoms with Gasteiger partial charge in [-0.25, -0.2) is 4.79 Å². The Morgan fingerprint density at radius 3 is 3.08 bits per heavy atom. The molecule has 0 bridgehead atoms. The van der Waals surface area contributed by atoms with Crippen molar-refractivity contribution in [2.24, 2.45) is 0 Å². The van der Waals surface area contributed by atoms with E-state index in [-0.39, 0.29) is 11.7 Å². The molecule has 2 rings (SSSR count). The zero-order valence-electron chi connectivity index (χ0n) is 7.16. The lowest BCUT2D eigenvalue weighted by molar-refractivity contribution is 0.0474. The Morgan fingerprint density at radius 2 is 2.46 bits per heavy atom. The fourth-order valence-electron chi connectivity index (χ4n) is 1.02. The van der Waals surface area contributed by atoms with Crippen molar-refractivity contribution in [3.63, 3.8) is 0 Å². The number of hydrogen-bond donors (Lipinski definition) is 0. The van der Waals surface area contributed by atoms with Crippen LogP contribution in [0.4, 0.5) is 0 Å². The van der Waals surface area contributed by atoms with E-state index in [0.29, 0.717) is 6.61 Å². The van der Waals surface area contributed by atoms with E-state index >= 15 is 0 Å². The average Bonchev–Trinajstić information content (AvgIpc) is 2.80. The highest BCUT2D eigenvalue weighted by atomic mass is 16.5. The third kappa shape index (κ3) is 2.21. The average molecular weight is 178 g/mol. The normalized spacial score (nSPS) is 13.7. The second kappa shape index (κ2) is 3.47. The van der Waals surface area contributed by atoms with E-state index in [1.54, 1.807) is 12.1 Å². The van der Waals surface area contributed by atoms with Gasteiger partial charge in [-0.2, -0.15) is 0 Å². The number of carbonyl (C=O) groups excluding carboxylic acids is 1. The van der Waals surface area contributed by atoms with Crippen LogP contribution >= 0.6 is 0 Å². The van der Waals surface area contributed by atoms with Crippen molar-refractivity contribution in [1.82, 2.24) is 0 Å². The minimum absolute atomic E-state index is 0.268. The molecule has 0 amide bonds. The van der Waals surface area contributed by atoms with Gasteiger partial charge in [0.1, 0.15) is 0 Å². The maximum Gasteiger partial charge on any atom is 0.374 e. The van der Waals surface area contributed by atoms with Crippen LogP contribution in [0.15, 0.2) is 34.5 Å². The molecule has 0 unspecified atom stereocenters. The molecule has 0 atom stereocenters. The molecule has 1 aliphatic rings. The van der Waals surface area contributed by atoms with Crippen LogP contribution < -0.4 is 0 Å². The van der Waals surface area contributed by atoms with E-state index in [9.17, 15) is 4.79 Å². The van der Waals surface area contributed by atoms with Crippen LogP contribution in [0.2, 0.25) is 0 Å². The molecule has 0 spiro atoms. The number of hydrogen-bond acceptors (Lipinski definition) is 3. The molecule has 0 saturated heterocycles. The predicted octanol–water partition coefficient (Wildman–Crippen LogP) is 2.16. The van der Waals surface area contributed by atoms with E-state index in [1.165, 1.54) is 11.8 Å². The van der Waals surface area contributed by atoms with E-state index in [4.69, 9.17) is 9.15 Å². The molecule has 3 heteroatoms. The van der Waals surface area contributed by atoms with Gasteiger partial charge in [0.15, 0.2) is 0 Å². The quantitative estimate of drug-likeness (QED) is 0.524. The summed E-state index contributed by atoms with van der Waals surface area (Å²) in [6.45, 7) is 0.450. The molecule has 0 saturated carbocycles. The first kappa shape index (κ1) is 8.10. The van der Waals surface area contributed by atoms with E-state index < -0.39 is 0 Å². The van der Waals surface area contributed by atoms with Gasteiger partial charge >= 0.3 is 5.97 Å². The van der Waals surface area contributed by atoms with Crippen molar-refractivity contribution in [1.29, 1.82) is 0 Å². The van der Waals surface area contributed by atoms with Gasteiger partial charge in [0.25, 0.3) is 0 Å². The van der Waals surface area contributed by atoms with Gasteiger partial charge in [-0.05, 0) is 18.6 Å². The summed E-state index contributed by atoms with van der Waals surface area (Å²) >= 11 is 0. The number of furan rings is 1. The Balaban J connectivity index is 1.75. The lowest BCUT2D eigenvalue weighted by Gasteiger charge is -1.99. The molecule has 3 nitrogen and oxygen atoms in total. The molecule has 1 aliphatic carbocycles. The summed E-state index contributed by atoms with van der Waals surface area (Å²) in [4.78, 5) is 11.2. The maximum atomic E-state index is 11.2. The van der Waals surface area contributed by atoms with E-state index in [2.05, 4.69) is 6.08 Å². The number of allylic oxidation sites excluding steroid dienone is 1. The molecule has 1 aromatic rings. The maximum absolute atomic E-state index is 11.2. The topological polar surface area (TPSA) is 39.4 Å². The zero-order valence-corrected chi connectivity index (χ0v) is 7.16. The zero-order chi connectivity index (χ0) is 9.10. The minimum Gasteiger partial charge on any atom is -0.459 e. The highest BCUT2D eigenvalue weighted by molar-refractivity contribution is 5.86. The molecule has 0 N–H and O–H groups in total. The van der Waals surface area contributed by atoms with Crippen molar-refractivity contribution >= 4 is 5.97 Å². The lowest BCUT2D eigenvalue weighted by atomic mass is 10.3. The largest absolute Gasteiger partial charge is 0.459 e. The SMILES string of the molecule is O=C(OCCC1=CC1)c1ccco1. The number of carbonyl (C=O) groups is 1. The predicted molar refractivity (Wildman–Crippen MR) is 46.3 cm³/mol. The first-order chi connectivity index (χ1) is 6.36. The number of rotatable bonds is 4. The summed E-state index contributed by atoms with van der Waals surface area (Å²) in [6.07, 6.45) is 5.52. The van der Waals surface area contributed by atoms with Crippen molar-refractivity contribution in [2.75, 3.05) is 6.61 Å². The van der Waals surface area contributed by atoms with Gasteiger partial charge in [-0.15, -0.1) is 0 Å². The van der Waals surface area contributed by atoms with Crippen LogP contribution in [0.5, 0.6) is 0 Å². The van der Waals surface area contributed by atoms with Gasteiger partial charge in [0.2, 0.25) is 5.76 Å². The summed E-state index contributed by atoms with van der Waals surface area (Å²) in [5.41, 5.74) is 1.37. The fraction of sp³-hybridized carbons (Fsp3) is 0.300. The van der Waals surface area contributed by atoms with Gasteiger partial charge in [0.05, 0.1) is 12.9 Å². The molecular formula is C10H10O3. The fourth-order valence-corrected chi connectivity index (χ4v) is 1.02. The standard InChI is InChI=1S/C10H10O3/c11-10(9-2-1-6-12-9)13-7-5-8-3-4-8/h1-3,6H,4-5,7H2. The molecule has 13 heavy (non-hydrogen) atoms. The summed E-state index contributed by atoms with van der Waals surface area (Å²) in [5.74, 6) is -0.115. The van der Waals surface area contributed by atoms with Gasteiger partial charge in [-0.3, -0.25) is 0 Å². The Kier molecular flexibility index (Phi) is 2.17. The van der Waals surface area contributed by atoms with E-state index in [0.717, 1.165) is 12.8 Å². The smallest absolute Gasteiger partial charge is 0.374 e. The first-order valence-corrected chi connectivity index (χ1v) is 4.25. The molecule has 1 aromatic heterocycles. The molecule has 0 aliphatic heterocycles. The molecule has 1 heterocycles. The van der Waals surface area contributed by atoms with E-state index in [1.807, 2.05) is 0 Å². The summed E-state index contributed by atoms with van der Waals surface area (Å²) in [6, 6.07) is 3.26. The van der Waals surface area contributed by atoms with Crippen molar-refractivity contribution in [2.45, 2.75) is 12.8 Å². The second-order valence-corrected chi connectivity index (χ2v) is 2.93. The van der Waals surface area contributed by atoms with Crippen LogP contribution in [0.1, 0.15) is 23.4 Å². The third-order valence-electron chi connectivity index (χ3n) is 1.87. The Bertz CT molecular complexity index is 322. The highest BCUT2D eigenvalue weighted by Crippen LogP contribution is 2.21. The Labute approximate surface area is 76.0 Å². The molecular weight excluding hydrogens is 168 g/mol. The summed E-state index contributed by atoms with van der Waals surface area (Å²) < 4.78 is 9.84. The van der Waals surface area contributed by atoms with Crippen LogP contribution in [0, 0.1) is 0 Å². The first-order valence-electron chi connectivity index (χ1n) is 4.25. The molecule has 0 fully saturated rings. The second-order valence-electron chi connectivity index (χ2n) is 2.93. The van der Waals surface area contributed by atoms with Crippen molar-refractivity contribution in [3.8, 4) is 0 Å². The monoisotopic (exact) mass is 178 g/mol. The van der Waals surface area contributed by atoms with Crippen molar-refractivity contribution < 1.29 is 13.9 Å². The third-order valence-corrected chi connectivity index (χ3v) is 1.87. The lowest BCUT2D eigenvalue weighted by Crippen LogP contribution is -2.04. The number of esters is 1. The summed E-state index contributed by atoms with van der Waals surface area (Å²) in [7, 11) is 0. The van der Waals surface area contributed by atoms with Crippen molar-refractivity contribution in [3.05, 3.63) is 35.8 Å².